The molecule has 0 aliphatic heterocycles. The molecule has 0 saturated heterocycles. The van der Waals surface area contributed by atoms with Crippen LogP contribution in [0, 0.1) is 5.41 Å². The average molecular weight is 369 g/mol. The first-order valence-electron chi connectivity index (χ1n) is 9.09. The lowest BCUT2D eigenvalue weighted by molar-refractivity contribution is -0.145. The van der Waals surface area contributed by atoms with Gasteiger partial charge < -0.3 is 14.8 Å². The molecule has 27 heavy (non-hydrogen) atoms. The SMILES string of the molecule is CC(C)(CCC(=O)OCc1ccccc1)CNC(=O)OCc1ccccc1. The molecule has 1 amide bonds. The summed E-state index contributed by atoms with van der Waals surface area (Å²) in [7, 11) is 0. The molecule has 0 spiro atoms. The van der Waals surface area contributed by atoms with Crippen LogP contribution in [0.2, 0.25) is 0 Å². The van der Waals surface area contributed by atoms with Crippen LogP contribution in [0.3, 0.4) is 0 Å². The minimum Gasteiger partial charge on any atom is -0.461 e. The van der Waals surface area contributed by atoms with Crippen LogP contribution in [0.15, 0.2) is 60.7 Å². The van der Waals surface area contributed by atoms with Crippen LogP contribution in [0.5, 0.6) is 0 Å². The molecular weight excluding hydrogens is 342 g/mol. The van der Waals surface area contributed by atoms with Crippen LogP contribution in [0.4, 0.5) is 4.79 Å². The number of alkyl carbamates (subject to hydrolysis) is 1. The second kappa shape index (κ2) is 10.4. The smallest absolute Gasteiger partial charge is 0.407 e. The molecule has 2 aromatic rings. The van der Waals surface area contributed by atoms with Crippen LogP contribution in [-0.4, -0.2) is 18.6 Å². The Balaban J connectivity index is 1.63. The third-order valence-electron chi connectivity index (χ3n) is 4.17. The van der Waals surface area contributed by atoms with Crippen molar-refractivity contribution in [2.24, 2.45) is 5.41 Å². The van der Waals surface area contributed by atoms with E-state index in [9.17, 15) is 9.59 Å². The van der Waals surface area contributed by atoms with Gasteiger partial charge in [0.25, 0.3) is 0 Å². The van der Waals surface area contributed by atoms with Crippen molar-refractivity contribution >= 4 is 12.1 Å². The Morgan fingerprint density at radius 3 is 1.93 bits per heavy atom. The molecule has 0 atom stereocenters. The zero-order chi connectivity index (χ0) is 19.5. The number of amides is 1. The molecular formula is C22H27NO4. The predicted molar refractivity (Wildman–Crippen MR) is 104 cm³/mol. The summed E-state index contributed by atoms with van der Waals surface area (Å²) in [6, 6.07) is 19.1. The van der Waals surface area contributed by atoms with Crippen molar-refractivity contribution in [3.63, 3.8) is 0 Å². The zero-order valence-electron chi connectivity index (χ0n) is 15.9. The third-order valence-corrected chi connectivity index (χ3v) is 4.17. The molecule has 0 bridgehead atoms. The van der Waals surface area contributed by atoms with Crippen LogP contribution in [-0.2, 0) is 27.5 Å². The van der Waals surface area contributed by atoms with Gasteiger partial charge in [-0.3, -0.25) is 4.79 Å². The molecule has 0 aromatic heterocycles. The normalized spacial score (nSPS) is 10.9. The van der Waals surface area contributed by atoms with Gasteiger partial charge in [-0.25, -0.2) is 4.79 Å². The fourth-order valence-electron chi connectivity index (χ4n) is 2.42. The third kappa shape index (κ3) is 8.40. The summed E-state index contributed by atoms with van der Waals surface area (Å²) in [4.78, 5) is 23.8. The van der Waals surface area contributed by atoms with Crippen molar-refractivity contribution in [3.05, 3.63) is 71.8 Å². The van der Waals surface area contributed by atoms with E-state index in [1.54, 1.807) is 0 Å². The average Bonchev–Trinajstić information content (AvgIpc) is 2.69. The summed E-state index contributed by atoms with van der Waals surface area (Å²) in [5.41, 5.74) is 1.67. The fraction of sp³-hybridized carbons (Fsp3) is 0.364. The lowest BCUT2D eigenvalue weighted by Gasteiger charge is -2.24. The monoisotopic (exact) mass is 369 g/mol. The molecule has 0 aliphatic carbocycles. The van der Waals surface area contributed by atoms with E-state index in [0.717, 1.165) is 11.1 Å². The zero-order valence-corrected chi connectivity index (χ0v) is 15.9. The molecule has 1 N–H and O–H groups in total. The summed E-state index contributed by atoms with van der Waals surface area (Å²) >= 11 is 0. The van der Waals surface area contributed by atoms with Crippen LogP contribution in [0.25, 0.3) is 0 Å². The van der Waals surface area contributed by atoms with E-state index in [2.05, 4.69) is 5.32 Å². The van der Waals surface area contributed by atoms with Gasteiger partial charge >= 0.3 is 12.1 Å². The first-order chi connectivity index (χ1) is 12.9. The number of carbonyl (C=O) groups excluding carboxylic acids is 2. The molecule has 0 fully saturated rings. The van der Waals surface area contributed by atoms with E-state index in [-0.39, 0.29) is 24.6 Å². The Labute approximate surface area is 160 Å². The number of rotatable bonds is 9. The Morgan fingerprint density at radius 2 is 1.37 bits per heavy atom. The predicted octanol–water partition coefficient (Wildman–Crippen LogP) is 4.46. The number of carbonyl (C=O) groups is 2. The van der Waals surface area contributed by atoms with E-state index >= 15 is 0 Å². The van der Waals surface area contributed by atoms with Gasteiger partial charge in [0.15, 0.2) is 0 Å². The number of ether oxygens (including phenoxy) is 2. The number of hydrogen-bond donors (Lipinski definition) is 1. The van der Waals surface area contributed by atoms with Crippen LogP contribution in [0.1, 0.15) is 37.8 Å². The van der Waals surface area contributed by atoms with Gasteiger partial charge in [-0.1, -0.05) is 74.5 Å². The fourth-order valence-corrected chi connectivity index (χ4v) is 2.42. The molecule has 0 radical (unpaired) electrons. The maximum Gasteiger partial charge on any atom is 0.407 e. The minimum absolute atomic E-state index is 0.235. The summed E-state index contributed by atoms with van der Waals surface area (Å²) in [6.45, 7) is 4.93. The van der Waals surface area contributed by atoms with Crippen LogP contribution >= 0.6 is 0 Å². The molecule has 0 heterocycles. The minimum atomic E-state index is -0.460. The Hall–Kier alpha value is -2.82. The van der Waals surface area contributed by atoms with Crippen molar-refractivity contribution in [3.8, 4) is 0 Å². The van der Waals surface area contributed by atoms with E-state index in [0.29, 0.717) is 19.4 Å². The first-order valence-corrected chi connectivity index (χ1v) is 9.09. The lowest BCUT2D eigenvalue weighted by atomic mass is 9.88. The summed E-state index contributed by atoms with van der Waals surface area (Å²) in [5, 5.41) is 2.76. The summed E-state index contributed by atoms with van der Waals surface area (Å²) in [5.74, 6) is -0.237. The second-order valence-electron chi connectivity index (χ2n) is 7.23. The highest BCUT2D eigenvalue weighted by atomic mass is 16.5. The van der Waals surface area contributed by atoms with E-state index in [1.807, 2.05) is 74.5 Å². The highest BCUT2D eigenvalue weighted by Gasteiger charge is 2.21. The maximum atomic E-state index is 11.9. The molecule has 0 aliphatic rings. The summed E-state index contributed by atoms with van der Waals surface area (Å²) < 4.78 is 10.5. The summed E-state index contributed by atoms with van der Waals surface area (Å²) in [6.07, 6.45) is 0.457. The molecule has 144 valence electrons. The standard InChI is InChI=1S/C22H27NO4/c1-22(2,14-13-20(24)26-15-18-9-5-3-6-10-18)17-23-21(25)27-16-19-11-7-4-8-12-19/h3-12H,13-17H2,1-2H3,(H,23,25). The van der Waals surface area contributed by atoms with E-state index in [1.165, 1.54) is 0 Å². The van der Waals surface area contributed by atoms with Crippen molar-refractivity contribution in [2.75, 3.05) is 6.54 Å². The van der Waals surface area contributed by atoms with Crippen molar-refractivity contribution in [1.29, 1.82) is 0 Å². The number of esters is 1. The van der Waals surface area contributed by atoms with Crippen molar-refractivity contribution in [1.82, 2.24) is 5.32 Å². The van der Waals surface area contributed by atoms with E-state index in [4.69, 9.17) is 9.47 Å². The lowest BCUT2D eigenvalue weighted by Crippen LogP contribution is -2.34. The van der Waals surface area contributed by atoms with Gasteiger partial charge in [0.2, 0.25) is 0 Å². The maximum absolute atomic E-state index is 11.9. The van der Waals surface area contributed by atoms with E-state index < -0.39 is 6.09 Å². The number of hydrogen-bond acceptors (Lipinski definition) is 4. The van der Waals surface area contributed by atoms with Gasteiger partial charge in [-0.05, 0) is 23.0 Å². The van der Waals surface area contributed by atoms with Gasteiger partial charge in [0, 0.05) is 13.0 Å². The highest BCUT2D eigenvalue weighted by molar-refractivity contribution is 5.69. The second-order valence-corrected chi connectivity index (χ2v) is 7.23. The van der Waals surface area contributed by atoms with Crippen molar-refractivity contribution in [2.45, 2.75) is 39.9 Å². The highest BCUT2D eigenvalue weighted by Crippen LogP contribution is 2.21. The Bertz CT molecular complexity index is 652. The number of nitrogens with one attached hydrogen (secondary N) is 1. The van der Waals surface area contributed by atoms with Crippen molar-refractivity contribution < 1.29 is 19.1 Å². The van der Waals surface area contributed by atoms with Crippen LogP contribution < -0.4 is 5.32 Å². The Morgan fingerprint density at radius 1 is 0.852 bits per heavy atom. The molecule has 0 unspecified atom stereocenters. The number of benzene rings is 2. The van der Waals surface area contributed by atoms with Gasteiger partial charge in [-0.2, -0.15) is 0 Å². The molecule has 5 heteroatoms. The molecule has 2 aromatic carbocycles. The van der Waals surface area contributed by atoms with Gasteiger partial charge in [0.1, 0.15) is 13.2 Å². The molecule has 5 nitrogen and oxygen atoms in total. The van der Waals surface area contributed by atoms with Gasteiger partial charge in [0.05, 0.1) is 0 Å². The molecule has 0 saturated carbocycles. The topological polar surface area (TPSA) is 64.6 Å². The van der Waals surface area contributed by atoms with Gasteiger partial charge in [-0.15, -0.1) is 0 Å². The molecule has 2 rings (SSSR count). The largest absolute Gasteiger partial charge is 0.461 e. The Kier molecular flexibility index (Phi) is 7.86. The first kappa shape index (κ1) is 20.5. The quantitative estimate of drug-likeness (QED) is 0.663.